The Hall–Kier alpha value is -0.160. The highest BCUT2D eigenvalue weighted by molar-refractivity contribution is 4.87. The van der Waals surface area contributed by atoms with Crippen molar-refractivity contribution in [1.82, 2.24) is 15.1 Å². The van der Waals surface area contributed by atoms with E-state index in [4.69, 9.17) is 4.74 Å². The van der Waals surface area contributed by atoms with Crippen LogP contribution in [-0.2, 0) is 4.74 Å². The summed E-state index contributed by atoms with van der Waals surface area (Å²) in [7, 11) is 4.38. The fourth-order valence-electron chi connectivity index (χ4n) is 3.00. The van der Waals surface area contributed by atoms with E-state index in [0.717, 1.165) is 25.8 Å². The summed E-state index contributed by atoms with van der Waals surface area (Å²) in [5.74, 6) is 0.677. The molecule has 0 aliphatic carbocycles. The van der Waals surface area contributed by atoms with Gasteiger partial charge in [-0.3, -0.25) is 0 Å². The van der Waals surface area contributed by atoms with E-state index in [0.29, 0.717) is 12.0 Å². The van der Waals surface area contributed by atoms with Gasteiger partial charge in [0.15, 0.2) is 0 Å². The van der Waals surface area contributed by atoms with E-state index in [9.17, 15) is 0 Å². The standard InChI is InChI=1S/C13H27N3O/c1-4-14-13-10-17-9-11(13)7-16-6-5-12(8-16)15(2)3/h11-14H,4-10H2,1-3H3. The van der Waals surface area contributed by atoms with Crippen molar-refractivity contribution in [2.45, 2.75) is 25.4 Å². The van der Waals surface area contributed by atoms with Gasteiger partial charge < -0.3 is 19.9 Å². The lowest BCUT2D eigenvalue weighted by molar-refractivity contribution is 0.171. The van der Waals surface area contributed by atoms with E-state index < -0.39 is 0 Å². The summed E-state index contributed by atoms with van der Waals surface area (Å²) in [5.41, 5.74) is 0. The molecule has 1 N–H and O–H groups in total. The predicted octanol–water partition coefficient (Wildman–Crippen LogP) is 0.247. The fourth-order valence-corrected chi connectivity index (χ4v) is 3.00. The van der Waals surface area contributed by atoms with Crippen molar-refractivity contribution >= 4 is 0 Å². The third-order valence-corrected chi connectivity index (χ3v) is 4.14. The molecule has 4 nitrogen and oxygen atoms in total. The van der Waals surface area contributed by atoms with Gasteiger partial charge in [-0.2, -0.15) is 0 Å². The molecule has 100 valence electrons. The highest BCUT2D eigenvalue weighted by atomic mass is 16.5. The summed E-state index contributed by atoms with van der Waals surface area (Å²) in [4.78, 5) is 4.96. The molecule has 0 amide bonds. The minimum atomic E-state index is 0.568. The molecule has 3 unspecified atom stereocenters. The Morgan fingerprint density at radius 3 is 2.82 bits per heavy atom. The number of rotatable bonds is 5. The average molecular weight is 241 g/mol. The molecular formula is C13H27N3O. The number of nitrogens with zero attached hydrogens (tertiary/aromatic N) is 2. The molecule has 2 saturated heterocycles. The minimum absolute atomic E-state index is 0.568. The van der Waals surface area contributed by atoms with E-state index in [2.05, 4.69) is 36.1 Å². The zero-order valence-electron chi connectivity index (χ0n) is 11.5. The van der Waals surface area contributed by atoms with Gasteiger partial charge in [-0.05, 0) is 33.6 Å². The number of nitrogens with one attached hydrogen (secondary N) is 1. The molecular weight excluding hydrogens is 214 g/mol. The van der Waals surface area contributed by atoms with Gasteiger partial charge in [0.1, 0.15) is 0 Å². The number of hydrogen-bond acceptors (Lipinski definition) is 4. The molecule has 0 radical (unpaired) electrons. The second-order valence-corrected chi connectivity index (χ2v) is 5.63. The Labute approximate surface area is 105 Å². The number of likely N-dealkylation sites (N-methyl/N-ethyl adjacent to an activating group) is 2. The Balaban J connectivity index is 1.77. The summed E-state index contributed by atoms with van der Waals surface area (Å²) in [6.45, 7) is 8.71. The minimum Gasteiger partial charge on any atom is -0.379 e. The highest BCUT2D eigenvalue weighted by Crippen LogP contribution is 2.19. The van der Waals surface area contributed by atoms with Crippen LogP contribution in [0.2, 0.25) is 0 Å². The molecule has 3 atom stereocenters. The second-order valence-electron chi connectivity index (χ2n) is 5.63. The number of ether oxygens (including phenoxy) is 1. The molecule has 0 spiro atoms. The molecule has 4 heteroatoms. The Morgan fingerprint density at radius 1 is 1.35 bits per heavy atom. The van der Waals surface area contributed by atoms with Crippen LogP contribution in [0.25, 0.3) is 0 Å². The predicted molar refractivity (Wildman–Crippen MR) is 70.3 cm³/mol. The second kappa shape index (κ2) is 6.14. The lowest BCUT2D eigenvalue weighted by Gasteiger charge is -2.25. The van der Waals surface area contributed by atoms with Gasteiger partial charge in [0.25, 0.3) is 0 Å². The Morgan fingerprint density at radius 2 is 2.18 bits per heavy atom. The van der Waals surface area contributed by atoms with Gasteiger partial charge >= 0.3 is 0 Å². The zero-order valence-corrected chi connectivity index (χ0v) is 11.5. The van der Waals surface area contributed by atoms with Crippen LogP contribution in [0.5, 0.6) is 0 Å². The first-order valence-electron chi connectivity index (χ1n) is 6.90. The van der Waals surface area contributed by atoms with Crippen LogP contribution < -0.4 is 5.32 Å². The van der Waals surface area contributed by atoms with Gasteiger partial charge in [0.2, 0.25) is 0 Å². The average Bonchev–Trinajstić information content (AvgIpc) is 2.90. The lowest BCUT2D eigenvalue weighted by atomic mass is 10.0. The summed E-state index contributed by atoms with van der Waals surface area (Å²) in [6.07, 6.45) is 1.31. The van der Waals surface area contributed by atoms with Gasteiger partial charge in [0.05, 0.1) is 13.2 Å². The van der Waals surface area contributed by atoms with Gasteiger partial charge in [-0.15, -0.1) is 0 Å². The molecule has 0 saturated carbocycles. The largest absolute Gasteiger partial charge is 0.379 e. The van der Waals surface area contributed by atoms with E-state index in [-0.39, 0.29) is 0 Å². The maximum atomic E-state index is 5.61. The fraction of sp³-hybridized carbons (Fsp3) is 1.00. The van der Waals surface area contributed by atoms with Crippen molar-refractivity contribution in [3.63, 3.8) is 0 Å². The van der Waals surface area contributed by atoms with Crippen molar-refractivity contribution in [1.29, 1.82) is 0 Å². The molecule has 0 aromatic rings. The van der Waals surface area contributed by atoms with Crippen LogP contribution in [-0.4, -0.2) is 75.4 Å². The first kappa shape index (κ1) is 13.3. The van der Waals surface area contributed by atoms with Gasteiger partial charge in [-0.25, -0.2) is 0 Å². The first-order chi connectivity index (χ1) is 8.20. The highest BCUT2D eigenvalue weighted by Gasteiger charge is 2.32. The first-order valence-corrected chi connectivity index (χ1v) is 6.90. The quantitative estimate of drug-likeness (QED) is 0.746. The van der Waals surface area contributed by atoms with Crippen LogP contribution >= 0.6 is 0 Å². The van der Waals surface area contributed by atoms with Crippen molar-refractivity contribution in [2.75, 3.05) is 53.5 Å². The van der Waals surface area contributed by atoms with E-state index in [1.54, 1.807) is 0 Å². The molecule has 2 rings (SSSR count). The molecule has 2 heterocycles. The summed E-state index contributed by atoms with van der Waals surface area (Å²) in [6, 6.07) is 1.31. The van der Waals surface area contributed by atoms with Crippen molar-refractivity contribution in [3.8, 4) is 0 Å². The molecule has 2 aliphatic rings. The SMILES string of the molecule is CCNC1COCC1CN1CCC(N(C)C)C1. The lowest BCUT2D eigenvalue weighted by Crippen LogP contribution is -2.42. The van der Waals surface area contributed by atoms with Gasteiger partial charge in [-0.1, -0.05) is 6.92 Å². The van der Waals surface area contributed by atoms with Crippen molar-refractivity contribution in [3.05, 3.63) is 0 Å². The van der Waals surface area contributed by atoms with Crippen LogP contribution in [0, 0.1) is 5.92 Å². The summed E-state index contributed by atoms with van der Waals surface area (Å²) >= 11 is 0. The van der Waals surface area contributed by atoms with Gasteiger partial charge in [0, 0.05) is 31.1 Å². The molecule has 2 fully saturated rings. The maximum absolute atomic E-state index is 5.61. The number of likely N-dealkylation sites (tertiary alicyclic amines) is 1. The molecule has 17 heavy (non-hydrogen) atoms. The zero-order chi connectivity index (χ0) is 12.3. The molecule has 2 aliphatic heterocycles. The maximum Gasteiger partial charge on any atom is 0.0623 e. The van der Waals surface area contributed by atoms with E-state index >= 15 is 0 Å². The monoisotopic (exact) mass is 241 g/mol. The van der Waals surface area contributed by atoms with Crippen molar-refractivity contribution in [2.24, 2.45) is 5.92 Å². The van der Waals surface area contributed by atoms with Crippen LogP contribution in [0.3, 0.4) is 0 Å². The van der Waals surface area contributed by atoms with Crippen LogP contribution in [0.1, 0.15) is 13.3 Å². The molecule has 0 aromatic carbocycles. The molecule has 0 bridgehead atoms. The summed E-state index contributed by atoms with van der Waals surface area (Å²) < 4.78 is 5.61. The number of hydrogen-bond donors (Lipinski definition) is 1. The Kier molecular flexibility index (Phi) is 4.79. The Bertz CT molecular complexity index is 235. The molecule has 0 aromatic heterocycles. The van der Waals surface area contributed by atoms with Crippen LogP contribution in [0.15, 0.2) is 0 Å². The normalized spacial score (nSPS) is 34.9. The summed E-state index contributed by atoms with van der Waals surface area (Å²) in [5, 5.41) is 3.54. The van der Waals surface area contributed by atoms with E-state index in [1.165, 1.54) is 26.1 Å². The third kappa shape index (κ3) is 3.41. The van der Waals surface area contributed by atoms with Crippen molar-refractivity contribution < 1.29 is 4.74 Å². The smallest absolute Gasteiger partial charge is 0.0623 e. The van der Waals surface area contributed by atoms with Crippen LogP contribution in [0.4, 0.5) is 0 Å². The topological polar surface area (TPSA) is 27.7 Å². The van der Waals surface area contributed by atoms with E-state index in [1.807, 2.05) is 0 Å². The third-order valence-electron chi connectivity index (χ3n) is 4.14.